The molecule has 7 nitrogen and oxygen atoms in total. The van der Waals surface area contributed by atoms with Gasteiger partial charge in [-0.3, -0.25) is 4.99 Å². The van der Waals surface area contributed by atoms with Gasteiger partial charge >= 0.3 is 0 Å². The predicted molar refractivity (Wildman–Crippen MR) is 117 cm³/mol. The van der Waals surface area contributed by atoms with E-state index in [1.165, 1.54) is 4.31 Å². The van der Waals surface area contributed by atoms with E-state index in [2.05, 4.69) is 15.6 Å². The Morgan fingerprint density at radius 2 is 1.69 bits per heavy atom. The summed E-state index contributed by atoms with van der Waals surface area (Å²) in [5.74, 6) is 1.46. The molecule has 0 bridgehead atoms. The van der Waals surface area contributed by atoms with E-state index in [0.29, 0.717) is 19.0 Å². The van der Waals surface area contributed by atoms with Gasteiger partial charge in [-0.05, 0) is 37.6 Å². The molecule has 0 heterocycles. The molecule has 0 aliphatic heterocycles. The van der Waals surface area contributed by atoms with E-state index in [0.717, 1.165) is 16.9 Å². The molecule has 0 aromatic heterocycles. The lowest BCUT2D eigenvalue weighted by Crippen LogP contribution is -2.36. The lowest BCUT2D eigenvalue weighted by atomic mass is 10.2. The molecule has 0 aliphatic rings. The van der Waals surface area contributed by atoms with Crippen molar-refractivity contribution >= 4 is 16.0 Å². The Hall–Kier alpha value is -2.58. The summed E-state index contributed by atoms with van der Waals surface area (Å²) in [5, 5.41) is 6.48. The highest BCUT2D eigenvalue weighted by Crippen LogP contribution is 2.18. The maximum absolute atomic E-state index is 12.5. The number of sulfonamides is 1. The molecule has 158 valence electrons. The average molecular weight is 419 g/mol. The van der Waals surface area contributed by atoms with Crippen LogP contribution in [0.2, 0.25) is 0 Å². The van der Waals surface area contributed by atoms with Crippen LogP contribution in [0.25, 0.3) is 0 Å². The largest absolute Gasteiger partial charge is 0.496 e. The maximum atomic E-state index is 12.5. The van der Waals surface area contributed by atoms with Gasteiger partial charge in [-0.15, -0.1) is 0 Å². The zero-order valence-electron chi connectivity index (χ0n) is 17.6. The summed E-state index contributed by atoms with van der Waals surface area (Å²) in [6.45, 7) is 4.79. The average Bonchev–Trinajstić information content (AvgIpc) is 2.73. The summed E-state index contributed by atoms with van der Waals surface area (Å²) in [4.78, 5) is 4.51. The number of aliphatic imine (C=N–C) groups is 1. The van der Waals surface area contributed by atoms with Crippen molar-refractivity contribution in [3.8, 4) is 5.75 Å². The summed E-state index contributed by atoms with van der Waals surface area (Å²) in [6, 6.07) is 14.6. The summed E-state index contributed by atoms with van der Waals surface area (Å²) in [6.07, 6.45) is 0. The molecule has 2 N–H and O–H groups in total. The first kappa shape index (κ1) is 22.7. The van der Waals surface area contributed by atoms with E-state index in [9.17, 15) is 8.42 Å². The normalized spacial score (nSPS) is 12.3. The molecular weight excluding hydrogens is 388 g/mol. The molecule has 29 heavy (non-hydrogen) atoms. The number of nitrogens with one attached hydrogen (secondary N) is 2. The summed E-state index contributed by atoms with van der Waals surface area (Å²) < 4.78 is 31.8. The van der Waals surface area contributed by atoms with Crippen LogP contribution in [-0.2, 0) is 23.1 Å². The molecule has 2 rings (SSSR count). The molecule has 0 amide bonds. The van der Waals surface area contributed by atoms with Crippen LogP contribution in [0.4, 0.5) is 0 Å². The Morgan fingerprint density at radius 1 is 1.07 bits per heavy atom. The first-order valence-electron chi connectivity index (χ1n) is 9.43. The number of ether oxygens (including phenoxy) is 1. The second-order valence-corrected chi connectivity index (χ2v) is 8.85. The van der Waals surface area contributed by atoms with Crippen LogP contribution < -0.4 is 15.4 Å². The first-order chi connectivity index (χ1) is 13.8. The Bertz CT molecular complexity index is 925. The monoisotopic (exact) mass is 418 g/mol. The molecule has 0 unspecified atom stereocenters. The minimum Gasteiger partial charge on any atom is -0.496 e. The third kappa shape index (κ3) is 5.95. The van der Waals surface area contributed by atoms with Crippen molar-refractivity contribution in [2.75, 3.05) is 21.2 Å². The summed E-state index contributed by atoms with van der Waals surface area (Å²) in [7, 11) is 1.47. The van der Waals surface area contributed by atoms with Crippen molar-refractivity contribution in [2.45, 2.75) is 37.9 Å². The van der Waals surface area contributed by atoms with Crippen molar-refractivity contribution in [2.24, 2.45) is 4.99 Å². The molecule has 0 saturated carbocycles. The number of benzene rings is 2. The van der Waals surface area contributed by atoms with Gasteiger partial charge in [0.2, 0.25) is 10.0 Å². The summed E-state index contributed by atoms with van der Waals surface area (Å²) >= 11 is 0. The number of nitrogens with zero attached hydrogens (tertiary/aromatic N) is 2. The van der Waals surface area contributed by atoms with Gasteiger partial charge in [0.15, 0.2) is 5.96 Å². The maximum Gasteiger partial charge on any atom is 0.243 e. The van der Waals surface area contributed by atoms with Crippen LogP contribution in [0.5, 0.6) is 5.75 Å². The van der Waals surface area contributed by atoms with Gasteiger partial charge in [-0.2, -0.15) is 4.31 Å². The predicted octanol–water partition coefficient (Wildman–Crippen LogP) is 2.59. The van der Waals surface area contributed by atoms with Crippen molar-refractivity contribution < 1.29 is 13.2 Å². The number of rotatable bonds is 8. The van der Waals surface area contributed by atoms with Gasteiger partial charge in [0.25, 0.3) is 0 Å². The fourth-order valence-electron chi connectivity index (χ4n) is 2.66. The van der Waals surface area contributed by atoms with Crippen molar-refractivity contribution in [3.05, 3.63) is 59.7 Å². The zero-order valence-corrected chi connectivity index (χ0v) is 18.5. The van der Waals surface area contributed by atoms with Gasteiger partial charge in [0, 0.05) is 38.8 Å². The first-order valence-corrected chi connectivity index (χ1v) is 10.9. The highest BCUT2D eigenvalue weighted by Gasteiger charge is 2.22. The van der Waals surface area contributed by atoms with Gasteiger partial charge in [-0.1, -0.05) is 30.3 Å². The minimum absolute atomic E-state index is 0.0982. The summed E-state index contributed by atoms with van der Waals surface area (Å²) in [5.41, 5.74) is 1.98. The van der Waals surface area contributed by atoms with E-state index < -0.39 is 10.0 Å². The van der Waals surface area contributed by atoms with Crippen molar-refractivity contribution in [3.63, 3.8) is 0 Å². The van der Waals surface area contributed by atoms with Crippen LogP contribution in [0.15, 0.2) is 58.4 Å². The smallest absolute Gasteiger partial charge is 0.243 e. The third-order valence-corrected chi connectivity index (χ3v) is 6.70. The second-order valence-electron chi connectivity index (χ2n) is 6.85. The Kier molecular flexibility index (Phi) is 8.04. The standard InChI is InChI=1S/C21H30N4O3S/c1-16(2)25(4)29(26,27)19-12-10-17(11-13-19)14-23-21(22-3)24-15-18-8-6-7-9-20(18)28-5/h6-13,16H,14-15H2,1-5H3,(H2,22,23,24). The van der Waals surface area contributed by atoms with Crippen molar-refractivity contribution in [1.82, 2.24) is 14.9 Å². The van der Waals surface area contributed by atoms with Crippen LogP contribution in [0.3, 0.4) is 0 Å². The highest BCUT2D eigenvalue weighted by molar-refractivity contribution is 7.89. The van der Waals surface area contributed by atoms with Crippen LogP contribution >= 0.6 is 0 Å². The number of methoxy groups -OCH3 is 1. The molecule has 2 aromatic carbocycles. The molecule has 0 atom stereocenters. The molecule has 0 fully saturated rings. The second kappa shape index (κ2) is 10.3. The molecular formula is C21H30N4O3S. The van der Waals surface area contributed by atoms with E-state index in [1.807, 2.05) is 50.2 Å². The Balaban J connectivity index is 1.96. The quantitative estimate of drug-likeness (QED) is 0.509. The van der Waals surface area contributed by atoms with Crippen LogP contribution in [-0.4, -0.2) is 45.9 Å². The Labute approximate surface area is 173 Å². The molecule has 0 aliphatic carbocycles. The van der Waals surface area contributed by atoms with Gasteiger partial charge in [0.1, 0.15) is 5.75 Å². The molecule has 0 radical (unpaired) electrons. The highest BCUT2D eigenvalue weighted by atomic mass is 32.2. The van der Waals surface area contributed by atoms with E-state index in [1.54, 1.807) is 33.3 Å². The SMILES string of the molecule is CN=C(NCc1ccc(S(=O)(=O)N(C)C(C)C)cc1)NCc1ccccc1OC. The lowest BCUT2D eigenvalue weighted by molar-refractivity contribution is 0.409. The molecule has 0 spiro atoms. The van der Waals surface area contributed by atoms with Gasteiger partial charge in [0.05, 0.1) is 12.0 Å². The molecule has 8 heteroatoms. The Morgan fingerprint density at radius 3 is 2.28 bits per heavy atom. The molecule has 2 aromatic rings. The van der Waals surface area contributed by atoms with Crippen LogP contribution in [0, 0.1) is 0 Å². The molecule has 0 saturated heterocycles. The van der Waals surface area contributed by atoms with Crippen molar-refractivity contribution in [1.29, 1.82) is 0 Å². The third-order valence-electron chi connectivity index (χ3n) is 4.65. The van der Waals surface area contributed by atoms with E-state index >= 15 is 0 Å². The van der Waals surface area contributed by atoms with Gasteiger partial charge < -0.3 is 15.4 Å². The van der Waals surface area contributed by atoms with Gasteiger partial charge in [-0.25, -0.2) is 8.42 Å². The van der Waals surface area contributed by atoms with Crippen LogP contribution in [0.1, 0.15) is 25.0 Å². The fraction of sp³-hybridized carbons (Fsp3) is 0.381. The number of para-hydroxylation sites is 1. The van der Waals surface area contributed by atoms with E-state index in [-0.39, 0.29) is 10.9 Å². The number of guanidine groups is 1. The topological polar surface area (TPSA) is 83.0 Å². The lowest BCUT2D eigenvalue weighted by Gasteiger charge is -2.21. The number of hydrogen-bond acceptors (Lipinski definition) is 4. The fourth-order valence-corrected chi connectivity index (χ4v) is 4.03. The van der Waals surface area contributed by atoms with E-state index in [4.69, 9.17) is 4.74 Å². The minimum atomic E-state index is -3.47. The zero-order chi connectivity index (χ0) is 21.4. The number of hydrogen-bond donors (Lipinski definition) is 2.